The maximum Gasteiger partial charge on any atom is 0.125 e. The summed E-state index contributed by atoms with van der Waals surface area (Å²) >= 11 is 0. The number of allylic oxidation sites excluding steroid dienone is 1. The number of hydrogen-bond donors (Lipinski definition) is 1. The van der Waals surface area contributed by atoms with Gasteiger partial charge in [-0.15, -0.1) is 0 Å². The fraction of sp³-hybridized carbons (Fsp3) is 0.870. The lowest BCUT2D eigenvalue weighted by molar-refractivity contribution is -0.123. The Morgan fingerprint density at radius 1 is 1.12 bits per heavy atom. The second-order valence-electron chi connectivity index (χ2n) is 10.8. The molecule has 25 heavy (non-hydrogen) atoms. The third-order valence-corrected chi connectivity index (χ3v) is 9.28. The topological polar surface area (TPSA) is 37.3 Å². The van der Waals surface area contributed by atoms with Gasteiger partial charge < -0.3 is 9.90 Å². The Kier molecular flexibility index (Phi) is 4.04. The van der Waals surface area contributed by atoms with E-state index in [-0.39, 0.29) is 11.5 Å². The third kappa shape index (κ3) is 2.42. The monoisotopic (exact) mass is 344 g/mol. The van der Waals surface area contributed by atoms with Gasteiger partial charge in [0, 0.05) is 5.41 Å². The quantitative estimate of drug-likeness (QED) is 0.555. The summed E-state index contributed by atoms with van der Waals surface area (Å²) in [4.78, 5) is 11.7. The van der Waals surface area contributed by atoms with E-state index in [1.165, 1.54) is 38.4 Å². The van der Waals surface area contributed by atoms with Crippen LogP contribution in [0.3, 0.4) is 0 Å². The predicted molar refractivity (Wildman–Crippen MR) is 101 cm³/mol. The molecular weight excluding hydrogens is 308 g/mol. The maximum absolute atomic E-state index is 11.7. The van der Waals surface area contributed by atoms with E-state index in [0.29, 0.717) is 16.7 Å². The largest absolute Gasteiger partial charge is 0.393 e. The first-order valence-electron chi connectivity index (χ1n) is 10.6. The van der Waals surface area contributed by atoms with Crippen molar-refractivity contribution in [2.45, 2.75) is 85.2 Å². The molecule has 0 heterocycles. The number of aldehydes is 1. The Bertz CT molecular complexity index is 591. The Morgan fingerprint density at radius 2 is 1.88 bits per heavy atom. The summed E-state index contributed by atoms with van der Waals surface area (Å²) in [6.07, 6.45) is 13.0. The van der Waals surface area contributed by atoms with E-state index < -0.39 is 0 Å². The molecule has 0 aromatic heterocycles. The highest BCUT2D eigenvalue weighted by atomic mass is 16.3. The van der Waals surface area contributed by atoms with Gasteiger partial charge in [-0.1, -0.05) is 39.3 Å². The molecule has 4 aliphatic carbocycles. The Labute approximate surface area is 153 Å². The van der Waals surface area contributed by atoms with E-state index in [9.17, 15) is 9.90 Å². The summed E-state index contributed by atoms with van der Waals surface area (Å²) < 4.78 is 0. The smallest absolute Gasteiger partial charge is 0.125 e. The zero-order chi connectivity index (χ0) is 18.0. The molecule has 1 N–H and O–H groups in total. The molecule has 0 unspecified atom stereocenters. The van der Waals surface area contributed by atoms with Crippen molar-refractivity contribution >= 4 is 6.29 Å². The minimum absolute atomic E-state index is 0.117. The molecule has 140 valence electrons. The zero-order valence-electron chi connectivity index (χ0n) is 16.6. The molecule has 0 aromatic rings. The van der Waals surface area contributed by atoms with E-state index in [4.69, 9.17) is 0 Å². The molecule has 0 saturated heterocycles. The molecule has 4 aliphatic rings. The Morgan fingerprint density at radius 3 is 2.60 bits per heavy atom. The molecule has 4 rings (SSSR count). The summed E-state index contributed by atoms with van der Waals surface area (Å²) in [6.45, 7) is 9.31. The van der Waals surface area contributed by atoms with Crippen molar-refractivity contribution in [2.75, 3.05) is 0 Å². The van der Waals surface area contributed by atoms with Crippen LogP contribution in [-0.2, 0) is 4.79 Å². The number of carbonyl (C=O) groups excluding carboxylic acids is 1. The van der Waals surface area contributed by atoms with Crippen LogP contribution in [-0.4, -0.2) is 17.5 Å². The second-order valence-corrected chi connectivity index (χ2v) is 10.8. The van der Waals surface area contributed by atoms with E-state index >= 15 is 0 Å². The van der Waals surface area contributed by atoms with Crippen LogP contribution in [0.25, 0.3) is 0 Å². The average Bonchev–Trinajstić information content (AvgIpc) is 2.93. The number of aliphatic hydroxyl groups is 1. The fourth-order valence-corrected chi connectivity index (χ4v) is 7.95. The molecule has 7 atom stereocenters. The van der Waals surface area contributed by atoms with Crippen LogP contribution in [0.4, 0.5) is 0 Å². The van der Waals surface area contributed by atoms with Gasteiger partial charge in [0.15, 0.2) is 0 Å². The van der Waals surface area contributed by atoms with Crippen molar-refractivity contribution in [3.05, 3.63) is 11.6 Å². The van der Waals surface area contributed by atoms with Crippen LogP contribution in [0, 0.1) is 39.9 Å². The van der Waals surface area contributed by atoms with Crippen molar-refractivity contribution in [3.8, 4) is 0 Å². The van der Waals surface area contributed by atoms with Crippen LogP contribution in [0.1, 0.15) is 79.1 Å². The van der Waals surface area contributed by atoms with E-state index in [1.54, 1.807) is 5.57 Å². The first-order valence-corrected chi connectivity index (χ1v) is 10.6. The van der Waals surface area contributed by atoms with Crippen LogP contribution in [0.15, 0.2) is 11.6 Å². The normalized spacial score (nSPS) is 49.6. The standard InChI is InChI=1S/C23H36O2/c1-21(2,14-24)20-8-7-18-17-6-5-15-13-16(25)9-11-22(15,3)19(17)10-12-23(18,20)4/h5,14,16-20,25H,6-13H2,1-4H3/t16-,17-,18-,19-,20+,22-,23-/m0/s1. The molecule has 3 saturated carbocycles. The number of rotatable bonds is 2. The van der Waals surface area contributed by atoms with E-state index in [1.807, 2.05) is 0 Å². The van der Waals surface area contributed by atoms with Gasteiger partial charge in [0.05, 0.1) is 6.10 Å². The summed E-state index contributed by atoms with van der Waals surface area (Å²) in [5.41, 5.74) is 2.02. The van der Waals surface area contributed by atoms with E-state index in [2.05, 4.69) is 33.8 Å². The van der Waals surface area contributed by atoms with Crippen LogP contribution in [0.2, 0.25) is 0 Å². The minimum atomic E-state index is -0.190. The fourth-order valence-electron chi connectivity index (χ4n) is 7.95. The van der Waals surface area contributed by atoms with Gasteiger partial charge in [-0.05, 0) is 85.9 Å². The van der Waals surface area contributed by atoms with Gasteiger partial charge in [0.25, 0.3) is 0 Å². The Balaban J connectivity index is 1.65. The number of fused-ring (bicyclic) bond motifs is 5. The summed E-state index contributed by atoms with van der Waals surface area (Å²) in [7, 11) is 0. The molecule has 2 heteroatoms. The van der Waals surface area contributed by atoms with Crippen LogP contribution >= 0.6 is 0 Å². The molecule has 0 aliphatic heterocycles. The van der Waals surface area contributed by atoms with Gasteiger partial charge in [-0.3, -0.25) is 0 Å². The van der Waals surface area contributed by atoms with Gasteiger partial charge in [0.1, 0.15) is 6.29 Å². The highest BCUT2D eigenvalue weighted by Gasteiger charge is 2.60. The van der Waals surface area contributed by atoms with Crippen molar-refractivity contribution in [3.63, 3.8) is 0 Å². The van der Waals surface area contributed by atoms with Gasteiger partial charge in [-0.2, -0.15) is 0 Å². The van der Waals surface area contributed by atoms with Crippen LogP contribution in [0.5, 0.6) is 0 Å². The lowest BCUT2D eigenvalue weighted by atomic mass is 9.46. The maximum atomic E-state index is 11.7. The molecule has 2 nitrogen and oxygen atoms in total. The molecule has 0 spiro atoms. The number of hydrogen-bond acceptors (Lipinski definition) is 2. The molecule has 0 aromatic carbocycles. The van der Waals surface area contributed by atoms with Crippen molar-refractivity contribution < 1.29 is 9.90 Å². The Hall–Kier alpha value is -0.630. The lowest BCUT2D eigenvalue weighted by Gasteiger charge is -2.58. The summed E-state index contributed by atoms with van der Waals surface area (Å²) in [6, 6.07) is 0. The van der Waals surface area contributed by atoms with Crippen molar-refractivity contribution in [2.24, 2.45) is 39.9 Å². The number of aliphatic hydroxyl groups excluding tert-OH is 1. The summed E-state index contributed by atoms with van der Waals surface area (Å²) in [5.74, 6) is 2.89. The van der Waals surface area contributed by atoms with Crippen molar-refractivity contribution in [1.82, 2.24) is 0 Å². The summed E-state index contributed by atoms with van der Waals surface area (Å²) in [5, 5.41) is 10.1. The predicted octanol–water partition coefficient (Wildman–Crippen LogP) is 5.15. The first-order chi connectivity index (χ1) is 11.7. The molecule has 0 bridgehead atoms. The lowest BCUT2D eigenvalue weighted by Crippen LogP contribution is -2.51. The van der Waals surface area contributed by atoms with Crippen LogP contribution < -0.4 is 0 Å². The highest BCUT2D eigenvalue weighted by molar-refractivity contribution is 5.59. The SMILES string of the molecule is CC(C)(C=O)[C@H]1CC[C@H]2[C@@H]3CC=C4C[C@@H](O)CC[C@]4(C)[C@H]3CC[C@]12C. The van der Waals surface area contributed by atoms with Gasteiger partial charge >= 0.3 is 0 Å². The molecular formula is C23H36O2. The third-order valence-electron chi connectivity index (χ3n) is 9.28. The first kappa shape index (κ1) is 17.8. The highest BCUT2D eigenvalue weighted by Crippen LogP contribution is 2.68. The second kappa shape index (κ2) is 5.68. The van der Waals surface area contributed by atoms with Gasteiger partial charge in [-0.25, -0.2) is 0 Å². The van der Waals surface area contributed by atoms with Crippen molar-refractivity contribution in [1.29, 1.82) is 0 Å². The average molecular weight is 345 g/mol. The van der Waals surface area contributed by atoms with E-state index in [0.717, 1.165) is 37.0 Å². The number of carbonyl (C=O) groups is 1. The molecule has 3 fully saturated rings. The molecule has 0 amide bonds. The minimum Gasteiger partial charge on any atom is -0.393 e. The zero-order valence-corrected chi connectivity index (χ0v) is 16.6. The molecule has 0 radical (unpaired) electrons. The van der Waals surface area contributed by atoms with Gasteiger partial charge in [0.2, 0.25) is 0 Å².